The van der Waals surface area contributed by atoms with Gasteiger partial charge in [-0.25, -0.2) is 4.98 Å². The van der Waals surface area contributed by atoms with Crippen molar-refractivity contribution in [2.75, 3.05) is 5.32 Å². The molecule has 2 aromatic rings. The predicted octanol–water partition coefficient (Wildman–Crippen LogP) is 5.74. The number of amides is 1. The molecule has 0 aliphatic rings. The summed E-state index contributed by atoms with van der Waals surface area (Å²) in [5, 5.41) is 2.58. The Kier molecular flexibility index (Phi) is 6.33. The number of hydrogen-bond acceptors (Lipinski definition) is 3. The molecule has 24 heavy (non-hydrogen) atoms. The number of pyridine rings is 1. The van der Waals surface area contributed by atoms with Crippen molar-refractivity contribution in [1.82, 2.24) is 4.98 Å². The number of carbonyl (C=O) groups is 1. The lowest BCUT2D eigenvalue weighted by molar-refractivity contribution is -0.137. The van der Waals surface area contributed by atoms with Crippen LogP contribution in [-0.2, 0) is 11.0 Å². The van der Waals surface area contributed by atoms with E-state index in [0.717, 1.165) is 33.0 Å². The molecule has 1 amide bonds. The monoisotopic (exact) mass is 482 g/mol. The highest BCUT2D eigenvalue weighted by Gasteiger charge is 2.30. The van der Waals surface area contributed by atoms with Crippen LogP contribution in [0.25, 0.3) is 0 Å². The third-order valence-electron chi connectivity index (χ3n) is 2.92. The molecule has 1 atom stereocenters. The molecule has 0 saturated carbocycles. The van der Waals surface area contributed by atoms with Crippen LogP contribution in [0.1, 0.15) is 12.5 Å². The van der Waals surface area contributed by atoms with Crippen LogP contribution >= 0.6 is 43.6 Å². The van der Waals surface area contributed by atoms with E-state index in [1.165, 1.54) is 6.07 Å². The summed E-state index contributed by atoms with van der Waals surface area (Å²) in [7, 11) is 0. The summed E-state index contributed by atoms with van der Waals surface area (Å²) in [5.74, 6) is -0.273. The molecule has 0 radical (unpaired) electrons. The number of alkyl halides is 3. The second-order valence-corrected chi connectivity index (χ2v) is 7.89. The van der Waals surface area contributed by atoms with Crippen LogP contribution in [0, 0.1) is 0 Å². The van der Waals surface area contributed by atoms with Crippen LogP contribution in [0.15, 0.2) is 50.5 Å². The van der Waals surface area contributed by atoms with E-state index in [1.807, 2.05) is 0 Å². The van der Waals surface area contributed by atoms with Gasteiger partial charge in [0.05, 0.1) is 21.5 Å². The third kappa shape index (κ3) is 5.22. The van der Waals surface area contributed by atoms with E-state index in [4.69, 9.17) is 0 Å². The van der Waals surface area contributed by atoms with Crippen LogP contribution in [0.2, 0.25) is 0 Å². The maximum atomic E-state index is 12.5. The first-order valence-electron chi connectivity index (χ1n) is 6.62. The summed E-state index contributed by atoms with van der Waals surface area (Å²) in [6, 6.07) is 7.53. The third-order valence-corrected chi connectivity index (χ3v) is 5.12. The maximum absolute atomic E-state index is 12.5. The first kappa shape index (κ1) is 19.3. The first-order valence-corrected chi connectivity index (χ1v) is 9.09. The van der Waals surface area contributed by atoms with Crippen molar-refractivity contribution >= 4 is 55.2 Å². The van der Waals surface area contributed by atoms with E-state index in [2.05, 4.69) is 42.2 Å². The van der Waals surface area contributed by atoms with E-state index in [0.29, 0.717) is 10.7 Å². The Hall–Kier alpha value is -1.06. The molecule has 0 spiro atoms. The number of anilines is 1. The minimum Gasteiger partial charge on any atom is -0.324 e. The van der Waals surface area contributed by atoms with Gasteiger partial charge in [-0.2, -0.15) is 13.2 Å². The molecule has 0 saturated heterocycles. The van der Waals surface area contributed by atoms with Gasteiger partial charge in [-0.1, -0.05) is 27.7 Å². The van der Waals surface area contributed by atoms with E-state index in [9.17, 15) is 18.0 Å². The highest BCUT2D eigenvalue weighted by atomic mass is 79.9. The zero-order chi connectivity index (χ0) is 17.9. The minimum atomic E-state index is -4.42. The molecule has 1 unspecified atom stereocenters. The smallest absolute Gasteiger partial charge is 0.324 e. The van der Waals surface area contributed by atoms with Gasteiger partial charge in [0.25, 0.3) is 0 Å². The Morgan fingerprint density at radius 3 is 2.50 bits per heavy atom. The summed E-state index contributed by atoms with van der Waals surface area (Å²) in [6.45, 7) is 1.66. The van der Waals surface area contributed by atoms with Crippen LogP contribution in [0.3, 0.4) is 0 Å². The fourth-order valence-electron chi connectivity index (χ4n) is 1.68. The molecule has 1 heterocycles. The Balaban J connectivity index is 2.01. The van der Waals surface area contributed by atoms with Gasteiger partial charge in [-0.05, 0) is 53.2 Å². The Morgan fingerprint density at radius 1 is 1.25 bits per heavy atom. The lowest BCUT2D eigenvalue weighted by atomic mass is 10.3. The van der Waals surface area contributed by atoms with Crippen molar-refractivity contribution in [3.63, 3.8) is 0 Å². The molecular formula is C15H11Br2F3N2OS. The normalized spacial score (nSPS) is 12.8. The fourth-order valence-corrected chi connectivity index (χ4v) is 3.61. The highest BCUT2D eigenvalue weighted by Crippen LogP contribution is 2.31. The lowest BCUT2D eigenvalue weighted by Gasteiger charge is -2.13. The number of thioether (sulfide) groups is 1. The largest absolute Gasteiger partial charge is 0.417 e. The molecule has 128 valence electrons. The van der Waals surface area contributed by atoms with Crippen molar-refractivity contribution in [2.45, 2.75) is 23.4 Å². The number of nitrogens with one attached hydrogen (secondary N) is 1. The number of aromatic nitrogens is 1. The highest BCUT2D eigenvalue weighted by molar-refractivity contribution is 9.11. The summed E-state index contributed by atoms with van der Waals surface area (Å²) in [4.78, 5) is 16.0. The summed E-state index contributed by atoms with van der Waals surface area (Å²) in [6.07, 6.45) is -3.66. The Labute approximate surface area is 157 Å². The average Bonchev–Trinajstić information content (AvgIpc) is 2.49. The fraction of sp³-hybridized carbons (Fsp3) is 0.200. The lowest BCUT2D eigenvalue weighted by Crippen LogP contribution is -2.22. The second kappa shape index (κ2) is 7.88. The zero-order valence-corrected chi connectivity index (χ0v) is 16.2. The molecule has 2 rings (SSSR count). The number of hydrogen-bond donors (Lipinski definition) is 1. The van der Waals surface area contributed by atoms with Crippen LogP contribution in [0.4, 0.5) is 18.9 Å². The first-order chi connectivity index (χ1) is 11.2. The number of nitrogens with zero attached hydrogens (tertiary/aromatic N) is 1. The predicted molar refractivity (Wildman–Crippen MR) is 95.0 cm³/mol. The van der Waals surface area contributed by atoms with E-state index in [-0.39, 0.29) is 5.91 Å². The molecule has 0 bridgehead atoms. The zero-order valence-electron chi connectivity index (χ0n) is 12.2. The van der Waals surface area contributed by atoms with Gasteiger partial charge in [0.1, 0.15) is 0 Å². The van der Waals surface area contributed by atoms with Gasteiger partial charge in [0.15, 0.2) is 0 Å². The quantitative estimate of drug-likeness (QED) is 0.563. The van der Waals surface area contributed by atoms with Crippen molar-refractivity contribution in [3.8, 4) is 0 Å². The van der Waals surface area contributed by atoms with Crippen molar-refractivity contribution in [1.29, 1.82) is 0 Å². The van der Waals surface area contributed by atoms with Gasteiger partial charge in [-0.3, -0.25) is 4.79 Å². The van der Waals surface area contributed by atoms with E-state index >= 15 is 0 Å². The number of benzene rings is 1. The van der Waals surface area contributed by atoms with Crippen molar-refractivity contribution < 1.29 is 18.0 Å². The minimum absolute atomic E-state index is 0.273. The molecule has 0 aliphatic heterocycles. The van der Waals surface area contributed by atoms with Gasteiger partial charge in [0.2, 0.25) is 5.91 Å². The number of halogens is 5. The summed E-state index contributed by atoms with van der Waals surface area (Å²) in [5.41, 5.74) is -0.209. The van der Waals surface area contributed by atoms with E-state index < -0.39 is 17.0 Å². The topological polar surface area (TPSA) is 42.0 Å². The average molecular weight is 484 g/mol. The van der Waals surface area contributed by atoms with Gasteiger partial charge < -0.3 is 5.32 Å². The Bertz CT molecular complexity index is 738. The molecular weight excluding hydrogens is 473 g/mol. The molecule has 3 nitrogen and oxygen atoms in total. The molecule has 0 fully saturated rings. The standard InChI is InChI=1S/C15H11Br2F3N2OS/c1-8(14(23)22-12-4-3-10(16)6-11(12)17)24-13-5-2-9(7-21-13)15(18,19)20/h2-8H,1H3,(H,22,23). The van der Waals surface area contributed by atoms with E-state index in [1.54, 1.807) is 25.1 Å². The summed E-state index contributed by atoms with van der Waals surface area (Å²) < 4.78 is 39.1. The Morgan fingerprint density at radius 2 is 1.96 bits per heavy atom. The summed E-state index contributed by atoms with van der Waals surface area (Å²) >= 11 is 7.75. The second-order valence-electron chi connectivity index (χ2n) is 4.76. The van der Waals surface area contributed by atoms with Crippen molar-refractivity contribution in [3.05, 3.63) is 51.0 Å². The van der Waals surface area contributed by atoms with Gasteiger partial charge in [-0.15, -0.1) is 0 Å². The maximum Gasteiger partial charge on any atom is 0.417 e. The van der Waals surface area contributed by atoms with Gasteiger partial charge in [0, 0.05) is 15.1 Å². The molecule has 1 aromatic heterocycles. The van der Waals surface area contributed by atoms with Crippen molar-refractivity contribution in [2.24, 2.45) is 0 Å². The molecule has 9 heteroatoms. The van der Waals surface area contributed by atoms with Gasteiger partial charge >= 0.3 is 6.18 Å². The number of carbonyl (C=O) groups excluding carboxylic acids is 1. The van der Waals surface area contributed by atoms with Crippen LogP contribution < -0.4 is 5.32 Å². The van der Waals surface area contributed by atoms with Crippen LogP contribution in [-0.4, -0.2) is 16.1 Å². The molecule has 0 aliphatic carbocycles. The van der Waals surface area contributed by atoms with Crippen LogP contribution in [0.5, 0.6) is 0 Å². The molecule has 1 N–H and O–H groups in total. The molecule has 1 aromatic carbocycles. The SMILES string of the molecule is CC(Sc1ccc(C(F)(F)F)cn1)C(=O)Nc1ccc(Br)cc1Br. The number of rotatable bonds is 4.